The van der Waals surface area contributed by atoms with E-state index in [0.717, 1.165) is 44.9 Å². The van der Waals surface area contributed by atoms with E-state index in [4.69, 9.17) is 14.2 Å². The average molecular weight is 956 g/mol. The first-order valence-corrected chi connectivity index (χ1v) is 30.5. The van der Waals surface area contributed by atoms with Crippen molar-refractivity contribution in [3.63, 3.8) is 0 Å². The SMILES string of the molecule is CCCCC/C=C\C/C=C\CCCCCCCCCCCC(=O)OC[C@H](COC(=O)CCCCCCCCC/C=C\CCCCCCCC)OCCCCCCCCCCCCCCCCCC. The molecule has 1 atom stereocenters. The van der Waals surface area contributed by atoms with E-state index in [2.05, 4.69) is 57.2 Å². The van der Waals surface area contributed by atoms with Crippen LogP contribution < -0.4 is 0 Å². The summed E-state index contributed by atoms with van der Waals surface area (Å²) in [6.45, 7) is 7.76. The largest absolute Gasteiger partial charge is 0.463 e. The Labute approximate surface area is 425 Å². The fourth-order valence-electron chi connectivity index (χ4n) is 9.04. The molecule has 0 fully saturated rings. The van der Waals surface area contributed by atoms with Crippen LogP contribution in [-0.2, 0) is 23.8 Å². The summed E-state index contributed by atoms with van der Waals surface area (Å²) in [5.74, 6) is -0.325. The molecule has 0 aromatic rings. The van der Waals surface area contributed by atoms with Gasteiger partial charge in [-0.2, -0.15) is 0 Å². The summed E-state index contributed by atoms with van der Waals surface area (Å²) in [5, 5.41) is 0. The molecule has 0 amide bonds. The highest BCUT2D eigenvalue weighted by atomic mass is 16.6. The van der Waals surface area contributed by atoms with Crippen LogP contribution in [0.15, 0.2) is 36.5 Å². The average Bonchev–Trinajstić information content (AvgIpc) is 3.34. The van der Waals surface area contributed by atoms with Crippen LogP contribution in [0.1, 0.15) is 329 Å². The smallest absolute Gasteiger partial charge is 0.305 e. The lowest BCUT2D eigenvalue weighted by atomic mass is 10.0. The van der Waals surface area contributed by atoms with Gasteiger partial charge in [0, 0.05) is 19.4 Å². The van der Waals surface area contributed by atoms with Crippen molar-refractivity contribution in [3.8, 4) is 0 Å². The molecule has 0 saturated carbocycles. The summed E-state index contributed by atoms with van der Waals surface area (Å²) in [7, 11) is 0. The molecule has 0 bridgehead atoms. The van der Waals surface area contributed by atoms with Gasteiger partial charge in [0.05, 0.1) is 0 Å². The van der Waals surface area contributed by atoms with Crippen molar-refractivity contribution in [1.82, 2.24) is 0 Å². The van der Waals surface area contributed by atoms with E-state index < -0.39 is 6.10 Å². The van der Waals surface area contributed by atoms with Crippen LogP contribution in [0.3, 0.4) is 0 Å². The Morgan fingerprint density at radius 1 is 0.309 bits per heavy atom. The molecule has 5 heteroatoms. The molecule has 0 spiro atoms. The summed E-state index contributed by atoms with van der Waals surface area (Å²) in [4.78, 5) is 25.4. The van der Waals surface area contributed by atoms with Crippen LogP contribution in [0.4, 0.5) is 0 Å². The fourth-order valence-corrected chi connectivity index (χ4v) is 9.04. The molecule has 0 heterocycles. The Balaban J connectivity index is 4.23. The number of carbonyl (C=O) groups excluding carboxylic acids is 2. The van der Waals surface area contributed by atoms with Gasteiger partial charge in [0.1, 0.15) is 19.3 Å². The minimum absolute atomic E-state index is 0.159. The molecule has 0 unspecified atom stereocenters. The highest BCUT2D eigenvalue weighted by Gasteiger charge is 2.16. The standard InChI is InChI=1S/C63H118O5/c1-4-7-10-13-16-19-22-25-28-31-32-34-36-39-42-45-48-51-54-57-63(65)68-60-61(66-58-55-52-49-46-43-40-37-30-27-24-21-18-15-12-9-6-3)59-67-62(64)56-53-50-47-44-41-38-35-33-29-26-23-20-17-14-11-8-5-2/h16,19,25-26,28-29,61H,4-15,17-18,20-24,27,30-60H2,1-3H3/b19-16-,28-25-,29-26-/t61-/m0/s1. The number of carbonyl (C=O) groups is 2. The second-order valence-electron chi connectivity index (χ2n) is 20.6. The summed E-state index contributed by atoms with van der Waals surface area (Å²) in [6, 6.07) is 0. The molecule has 68 heavy (non-hydrogen) atoms. The Bertz CT molecular complexity index is 1080. The van der Waals surface area contributed by atoms with E-state index in [1.807, 2.05) is 0 Å². The maximum absolute atomic E-state index is 12.7. The molecule has 5 nitrogen and oxygen atoms in total. The normalized spacial score (nSPS) is 12.3. The van der Waals surface area contributed by atoms with Gasteiger partial charge in [-0.1, -0.05) is 276 Å². The van der Waals surface area contributed by atoms with Gasteiger partial charge in [-0.3, -0.25) is 9.59 Å². The van der Waals surface area contributed by atoms with E-state index in [0.29, 0.717) is 19.4 Å². The number of esters is 2. The van der Waals surface area contributed by atoms with Gasteiger partial charge in [0.25, 0.3) is 0 Å². The minimum atomic E-state index is -0.400. The molecule has 0 radical (unpaired) electrons. The lowest BCUT2D eigenvalue weighted by Crippen LogP contribution is -2.29. The lowest BCUT2D eigenvalue weighted by Gasteiger charge is -2.18. The number of unbranched alkanes of at least 4 members (excludes halogenated alkanes) is 40. The third-order valence-corrected chi connectivity index (χ3v) is 13.7. The summed E-state index contributed by atoms with van der Waals surface area (Å²) >= 11 is 0. The van der Waals surface area contributed by atoms with Gasteiger partial charge in [-0.15, -0.1) is 0 Å². The summed E-state index contributed by atoms with van der Waals surface area (Å²) < 4.78 is 17.6. The zero-order valence-corrected chi connectivity index (χ0v) is 46.1. The number of hydrogen-bond donors (Lipinski definition) is 0. The molecule has 0 aliphatic rings. The van der Waals surface area contributed by atoms with Crippen molar-refractivity contribution in [3.05, 3.63) is 36.5 Å². The van der Waals surface area contributed by atoms with Gasteiger partial charge in [-0.25, -0.2) is 0 Å². The van der Waals surface area contributed by atoms with Gasteiger partial charge < -0.3 is 14.2 Å². The molecular formula is C63H118O5. The number of hydrogen-bond acceptors (Lipinski definition) is 5. The van der Waals surface area contributed by atoms with E-state index in [9.17, 15) is 9.59 Å². The third-order valence-electron chi connectivity index (χ3n) is 13.7. The highest BCUT2D eigenvalue weighted by Crippen LogP contribution is 2.16. The number of ether oxygens (including phenoxy) is 3. The highest BCUT2D eigenvalue weighted by molar-refractivity contribution is 5.69. The zero-order chi connectivity index (χ0) is 49.2. The Hall–Kier alpha value is -1.88. The van der Waals surface area contributed by atoms with Crippen molar-refractivity contribution in [2.45, 2.75) is 335 Å². The summed E-state index contributed by atoms with van der Waals surface area (Å²) in [6.07, 6.45) is 73.3. The van der Waals surface area contributed by atoms with Gasteiger partial charge in [0.2, 0.25) is 0 Å². The van der Waals surface area contributed by atoms with Gasteiger partial charge >= 0.3 is 11.9 Å². The van der Waals surface area contributed by atoms with Crippen LogP contribution in [0.25, 0.3) is 0 Å². The first-order valence-electron chi connectivity index (χ1n) is 30.5. The van der Waals surface area contributed by atoms with Crippen LogP contribution in [0.2, 0.25) is 0 Å². The number of rotatable bonds is 57. The van der Waals surface area contributed by atoms with Crippen molar-refractivity contribution < 1.29 is 23.8 Å². The number of allylic oxidation sites excluding steroid dienone is 6. The second kappa shape index (κ2) is 59.4. The fraction of sp³-hybridized carbons (Fsp3) is 0.873. The van der Waals surface area contributed by atoms with Crippen molar-refractivity contribution in [2.75, 3.05) is 19.8 Å². The molecule has 0 rings (SSSR count). The molecule has 0 aromatic heterocycles. The van der Waals surface area contributed by atoms with Crippen molar-refractivity contribution in [2.24, 2.45) is 0 Å². The molecule has 0 aliphatic carbocycles. The minimum Gasteiger partial charge on any atom is -0.463 e. The monoisotopic (exact) mass is 955 g/mol. The van der Waals surface area contributed by atoms with Crippen LogP contribution in [0, 0.1) is 0 Å². The Morgan fingerprint density at radius 3 is 0.897 bits per heavy atom. The van der Waals surface area contributed by atoms with E-state index >= 15 is 0 Å². The van der Waals surface area contributed by atoms with Crippen LogP contribution in [-0.4, -0.2) is 37.9 Å². The lowest BCUT2D eigenvalue weighted by molar-refractivity contribution is -0.155. The third kappa shape index (κ3) is 56.7. The first kappa shape index (κ1) is 66.1. The van der Waals surface area contributed by atoms with Gasteiger partial charge in [-0.05, 0) is 77.0 Å². The molecule has 400 valence electrons. The van der Waals surface area contributed by atoms with E-state index in [-0.39, 0.29) is 25.2 Å². The molecular weight excluding hydrogens is 837 g/mol. The molecule has 0 N–H and O–H groups in total. The summed E-state index contributed by atoms with van der Waals surface area (Å²) in [5.41, 5.74) is 0. The zero-order valence-electron chi connectivity index (χ0n) is 46.1. The van der Waals surface area contributed by atoms with Crippen LogP contribution >= 0.6 is 0 Å². The quantitative estimate of drug-likeness (QED) is 0.0345. The first-order chi connectivity index (χ1) is 33.6. The van der Waals surface area contributed by atoms with Gasteiger partial charge in [0.15, 0.2) is 0 Å². The van der Waals surface area contributed by atoms with Crippen molar-refractivity contribution in [1.29, 1.82) is 0 Å². The predicted molar refractivity (Wildman–Crippen MR) is 298 cm³/mol. The van der Waals surface area contributed by atoms with E-state index in [1.54, 1.807) is 0 Å². The Kier molecular flexibility index (Phi) is 57.8. The topological polar surface area (TPSA) is 61.8 Å². The molecule has 0 aromatic carbocycles. The molecule has 0 aliphatic heterocycles. The van der Waals surface area contributed by atoms with Crippen LogP contribution in [0.5, 0.6) is 0 Å². The van der Waals surface area contributed by atoms with E-state index in [1.165, 1.54) is 250 Å². The predicted octanol–water partition coefficient (Wildman–Crippen LogP) is 20.9. The van der Waals surface area contributed by atoms with Crippen molar-refractivity contribution >= 4 is 11.9 Å². The molecule has 0 saturated heterocycles. The Morgan fingerprint density at radius 2 is 0.559 bits per heavy atom. The maximum atomic E-state index is 12.7. The second-order valence-corrected chi connectivity index (χ2v) is 20.6. The maximum Gasteiger partial charge on any atom is 0.305 e.